The molecule has 0 amide bonds. The van der Waals surface area contributed by atoms with Crippen molar-refractivity contribution in [2.45, 2.75) is 5.88 Å². The van der Waals surface area contributed by atoms with Crippen molar-refractivity contribution >= 4 is 23.6 Å². The van der Waals surface area contributed by atoms with E-state index in [0.29, 0.717) is 5.88 Å². The molecule has 0 unspecified atom stereocenters. The maximum Gasteiger partial charge on any atom is 0.330 e. The van der Waals surface area contributed by atoms with E-state index in [1.165, 1.54) is 13.2 Å². The molecule has 0 aromatic heterocycles. The SMILES string of the molecule is COC(=O)/C=C/c1ccccc1CCl. The highest BCUT2D eigenvalue weighted by Crippen LogP contribution is 2.12. The summed E-state index contributed by atoms with van der Waals surface area (Å²) in [4.78, 5) is 10.8. The summed E-state index contributed by atoms with van der Waals surface area (Å²) in [6.45, 7) is 0. The van der Waals surface area contributed by atoms with E-state index < -0.39 is 0 Å². The molecule has 0 atom stereocenters. The summed E-state index contributed by atoms with van der Waals surface area (Å²) in [5, 5.41) is 0. The van der Waals surface area contributed by atoms with E-state index in [9.17, 15) is 4.79 Å². The van der Waals surface area contributed by atoms with Crippen molar-refractivity contribution < 1.29 is 9.53 Å². The van der Waals surface area contributed by atoms with Gasteiger partial charge in [-0.25, -0.2) is 4.79 Å². The lowest BCUT2D eigenvalue weighted by molar-refractivity contribution is -0.134. The van der Waals surface area contributed by atoms with E-state index >= 15 is 0 Å². The molecule has 0 aliphatic carbocycles. The normalized spacial score (nSPS) is 10.4. The van der Waals surface area contributed by atoms with Crippen molar-refractivity contribution in [2.24, 2.45) is 0 Å². The fourth-order valence-electron chi connectivity index (χ4n) is 1.04. The maximum absolute atomic E-state index is 10.8. The predicted molar refractivity (Wildman–Crippen MR) is 57.0 cm³/mol. The molecule has 0 heterocycles. The number of esters is 1. The number of hydrogen-bond acceptors (Lipinski definition) is 2. The number of halogens is 1. The summed E-state index contributed by atoms with van der Waals surface area (Å²) >= 11 is 5.73. The molecule has 1 rings (SSSR count). The third-order valence-electron chi connectivity index (χ3n) is 1.80. The molecule has 0 spiro atoms. The first-order valence-electron chi connectivity index (χ1n) is 4.18. The lowest BCUT2D eigenvalue weighted by Gasteiger charge is -2.00. The lowest BCUT2D eigenvalue weighted by Crippen LogP contribution is -1.93. The van der Waals surface area contributed by atoms with Crippen molar-refractivity contribution in [3.63, 3.8) is 0 Å². The number of carbonyl (C=O) groups is 1. The Balaban J connectivity index is 2.85. The topological polar surface area (TPSA) is 26.3 Å². The van der Waals surface area contributed by atoms with Crippen LogP contribution in [0.1, 0.15) is 11.1 Å². The van der Waals surface area contributed by atoms with Gasteiger partial charge in [-0.05, 0) is 17.2 Å². The molecule has 2 nitrogen and oxygen atoms in total. The monoisotopic (exact) mass is 210 g/mol. The minimum atomic E-state index is -0.366. The highest BCUT2D eigenvalue weighted by atomic mass is 35.5. The zero-order chi connectivity index (χ0) is 10.4. The van der Waals surface area contributed by atoms with Crippen LogP contribution in [-0.4, -0.2) is 13.1 Å². The Kier molecular flexibility index (Phi) is 4.20. The van der Waals surface area contributed by atoms with Crippen LogP contribution in [0.5, 0.6) is 0 Å². The molecule has 74 valence electrons. The van der Waals surface area contributed by atoms with Gasteiger partial charge in [0.15, 0.2) is 0 Å². The molecule has 0 bridgehead atoms. The first-order chi connectivity index (χ1) is 6.77. The third kappa shape index (κ3) is 2.89. The van der Waals surface area contributed by atoms with Gasteiger partial charge in [0.1, 0.15) is 0 Å². The van der Waals surface area contributed by atoms with Gasteiger partial charge < -0.3 is 4.74 Å². The second-order valence-electron chi connectivity index (χ2n) is 2.69. The smallest absolute Gasteiger partial charge is 0.330 e. The molecule has 0 radical (unpaired) electrons. The third-order valence-corrected chi connectivity index (χ3v) is 2.09. The van der Waals surface area contributed by atoms with Crippen molar-refractivity contribution in [3.05, 3.63) is 41.5 Å². The van der Waals surface area contributed by atoms with Gasteiger partial charge >= 0.3 is 5.97 Å². The number of alkyl halides is 1. The summed E-state index contributed by atoms with van der Waals surface area (Å²) in [6.07, 6.45) is 3.08. The maximum atomic E-state index is 10.8. The van der Waals surface area contributed by atoms with Gasteiger partial charge in [0.05, 0.1) is 7.11 Å². The van der Waals surface area contributed by atoms with Gasteiger partial charge in [-0.2, -0.15) is 0 Å². The second-order valence-corrected chi connectivity index (χ2v) is 2.96. The quantitative estimate of drug-likeness (QED) is 0.436. The Bertz CT molecular complexity index is 345. The second kappa shape index (κ2) is 5.45. The largest absolute Gasteiger partial charge is 0.466 e. The molecule has 1 aromatic carbocycles. The zero-order valence-electron chi connectivity index (χ0n) is 7.87. The van der Waals surface area contributed by atoms with Crippen molar-refractivity contribution in [1.82, 2.24) is 0 Å². The molecule has 14 heavy (non-hydrogen) atoms. The number of benzene rings is 1. The van der Waals surface area contributed by atoms with Crippen molar-refractivity contribution in [3.8, 4) is 0 Å². The summed E-state index contributed by atoms with van der Waals surface area (Å²) in [5.41, 5.74) is 1.93. The van der Waals surface area contributed by atoms with Crippen LogP contribution in [0.15, 0.2) is 30.3 Å². The fraction of sp³-hybridized carbons (Fsp3) is 0.182. The Morgan fingerprint density at radius 1 is 1.50 bits per heavy atom. The molecule has 0 saturated carbocycles. The van der Waals surface area contributed by atoms with Gasteiger partial charge in [0.2, 0.25) is 0 Å². The standard InChI is InChI=1S/C11H11ClO2/c1-14-11(13)7-6-9-4-2-3-5-10(9)8-12/h2-7H,8H2,1H3/b7-6+. The Labute approximate surface area is 88.1 Å². The molecule has 0 fully saturated rings. The lowest BCUT2D eigenvalue weighted by atomic mass is 10.1. The number of ether oxygens (including phenoxy) is 1. The van der Waals surface area contributed by atoms with Crippen molar-refractivity contribution in [2.75, 3.05) is 7.11 Å². The number of carbonyl (C=O) groups excluding carboxylic acids is 1. The summed E-state index contributed by atoms with van der Waals surface area (Å²) in [6, 6.07) is 7.63. The van der Waals surface area contributed by atoms with Gasteiger partial charge in [0.25, 0.3) is 0 Å². The van der Waals surface area contributed by atoms with Gasteiger partial charge in [0, 0.05) is 12.0 Å². The Morgan fingerprint density at radius 3 is 2.86 bits per heavy atom. The van der Waals surface area contributed by atoms with Crippen LogP contribution < -0.4 is 0 Å². The highest BCUT2D eigenvalue weighted by molar-refractivity contribution is 6.17. The van der Waals surface area contributed by atoms with E-state index in [0.717, 1.165) is 11.1 Å². The number of rotatable bonds is 3. The number of hydrogen-bond donors (Lipinski definition) is 0. The fourth-order valence-corrected chi connectivity index (χ4v) is 1.29. The van der Waals surface area contributed by atoms with Gasteiger partial charge in [-0.3, -0.25) is 0 Å². The van der Waals surface area contributed by atoms with Crippen LogP contribution in [0.3, 0.4) is 0 Å². The average Bonchev–Trinajstić information content (AvgIpc) is 2.26. The van der Waals surface area contributed by atoms with E-state index in [1.54, 1.807) is 6.08 Å². The van der Waals surface area contributed by atoms with Gasteiger partial charge in [-0.15, -0.1) is 11.6 Å². The molecule has 0 aliphatic rings. The molecular weight excluding hydrogens is 200 g/mol. The molecule has 0 N–H and O–H groups in total. The van der Waals surface area contributed by atoms with Crippen LogP contribution in [0, 0.1) is 0 Å². The number of methoxy groups -OCH3 is 1. The Hall–Kier alpha value is -1.28. The minimum Gasteiger partial charge on any atom is -0.466 e. The van der Waals surface area contributed by atoms with E-state index in [-0.39, 0.29) is 5.97 Å². The van der Waals surface area contributed by atoms with Crippen LogP contribution >= 0.6 is 11.6 Å². The van der Waals surface area contributed by atoms with Crippen LogP contribution in [0.2, 0.25) is 0 Å². The summed E-state index contributed by atoms with van der Waals surface area (Å²) < 4.78 is 4.49. The van der Waals surface area contributed by atoms with Crippen molar-refractivity contribution in [1.29, 1.82) is 0 Å². The Morgan fingerprint density at radius 2 is 2.21 bits per heavy atom. The molecule has 0 saturated heterocycles. The average molecular weight is 211 g/mol. The minimum absolute atomic E-state index is 0.366. The summed E-state index contributed by atoms with van der Waals surface area (Å²) in [5.74, 6) is 0.0659. The first kappa shape index (κ1) is 10.8. The zero-order valence-corrected chi connectivity index (χ0v) is 8.62. The highest BCUT2D eigenvalue weighted by Gasteiger charge is 1.97. The van der Waals surface area contributed by atoms with Crippen LogP contribution in [0.25, 0.3) is 6.08 Å². The first-order valence-corrected chi connectivity index (χ1v) is 4.71. The predicted octanol–water partition coefficient (Wildman–Crippen LogP) is 2.61. The van der Waals surface area contributed by atoms with Crippen LogP contribution in [-0.2, 0) is 15.4 Å². The van der Waals surface area contributed by atoms with E-state index in [2.05, 4.69) is 4.74 Å². The molecule has 3 heteroatoms. The molecule has 1 aromatic rings. The van der Waals surface area contributed by atoms with Crippen LogP contribution in [0.4, 0.5) is 0 Å². The van der Waals surface area contributed by atoms with Gasteiger partial charge in [-0.1, -0.05) is 24.3 Å². The molecular formula is C11H11ClO2. The van der Waals surface area contributed by atoms with E-state index in [4.69, 9.17) is 11.6 Å². The summed E-state index contributed by atoms with van der Waals surface area (Å²) in [7, 11) is 1.35. The molecule has 0 aliphatic heterocycles. The van der Waals surface area contributed by atoms with E-state index in [1.807, 2.05) is 24.3 Å².